The van der Waals surface area contributed by atoms with Gasteiger partial charge in [-0.05, 0) is 61.6 Å². The van der Waals surface area contributed by atoms with E-state index in [0.717, 1.165) is 35.4 Å². The fraction of sp³-hybridized carbons (Fsp3) is 0.370. The van der Waals surface area contributed by atoms with Gasteiger partial charge in [-0.25, -0.2) is 14.4 Å². The summed E-state index contributed by atoms with van der Waals surface area (Å²) in [7, 11) is 1.63. The van der Waals surface area contributed by atoms with Crippen molar-refractivity contribution in [2.24, 2.45) is 0 Å². The first-order valence-electron chi connectivity index (χ1n) is 11.7. The third kappa shape index (κ3) is 4.16. The molecule has 2 saturated heterocycles. The highest BCUT2D eigenvalue weighted by Crippen LogP contribution is 2.42. The topological polar surface area (TPSA) is 64.5 Å². The molecule has 0 aliphatic carbocycles. The van der Waals surface area contributed by atoms with E-state index < -0.39 is 5.41 Å². The summed E-state index contributed by atoms with van der Waals surface area (Å²) in [5.74, 6) is 1.04. The lowest BCUT2D eigenvalue weighted by molar-refractivity contribution is -0.142. The predicted octanol–water partition coefficient (Wildman–Crippen LogP) is 4.70. The Bertz CT molecular complexity index is 1180. The van der Waals surface area contributed by atoms with Crippen LogP contribution < -0.4 is 4.74 Å². The van der Waals surface area contributed by atoms with Crippen LogP contribution >= 0.6 is 0 Å². The fourth-order valence-electron chi connectivity index (χ4n) is 5.18. The summed E-state index contributed by atoms with van der Waals surface area (Å²) in [5, 5.41) is 0. The highest BCUT2D eigenvalue weighted by molar-refractivity contribution is 5.89. The number of nitrogens with zero attached hydrogens (tertiary/aromatic N) is 3. The zero-order chi connectivity index (χ0) is 23.5. The highest BCUT2D eigenvalue weighted by Gasteiger charge is 2.47. The van der Waals surface area contributed by atoms with Gasteiger partial charge in [-0.2, -0.15) is 0 Å². The van der Waals surface area contributed by atoms with Gasteiger partial charge < -0.3 is 14.4 Å². The predicted molar refractivity (Wildman–Crippen MR) is 126 cm³/mol. The van der Waals surface area contributed by atoms with Crippen molar-refractivity contribution in [1.29, 1.82) is 0 Å². The Morgan fingerprint density at radius 1 is 1.15 bits per heavy atom. The molecule has 1 atom stereocenters. The second kappa shape index (κ2) is 9.50. The van der Waals surface area contributed by atoms with Gasteiger partial charge >= 0.3 is 0 Å². The molecular weight excluding hydrogens is 433 g/mol. The fourth-order valence-corrected chi connectivity index (χ4v) is 5.18. The van der Waals surface area contributed by atoms with Crippen molar-refractivity contribution in [2.45, 2.75) is 37.1 Å². The molecular formula is C27H28FN3O3. The minimum absolute atomic E-state index is 0.0328. The van der Waals surface area contributed by atoms with Gasteiger partial charge in [0.1, 0.15) is 11.6 Å². The first-order valence-corrected chi connectivity index (χ1v) is 11.7. The van der Waals surface area contributed by atoms with Crippen LogP contribution in [0.15, 0.2) is 60.8 Å². The molecule has 2 aliphatic rings. The van der Waals surface area contributed by atoms with E-state index in [0.29, 0.717) is 38.4 Å². The Morgan fingerprint density at radius 3 is 2.76 bits per heavy atom. The summed E-state index contributed by atoms with van der Waals surface area (Å²) in [6, 6.07) is 15.8. The van der Waals surface area contributed by atoms with Gasteiger partial charge in [0.2, 0.25) is 5.91 Å². The van der Waals surface area contributed by atoms with Crippen LogP contribution in [-0.4, -0.2) is 47.6 Å². The zero-order valence-corrected chi connectivity index (χ0v) is 19.2. The summed E-state index contributed by atoms with van der Waals surface area (Å²) in [4.78, 5) is 25.4. The average Bonchev–Trinajstić information content (AvgIpc) is 3.39. The number of likely N-dealkylation sites (tertiary alicyclic amines) is 1. The molecule has 176 valence electrons. The summed E-state index contributed by atoms with van der Waals surface area (Å²) in [5.41, 5.74) is 1.62. The first-order chi connectivity index (χ1) is 16.6. The number of halogens is 1. The molecule has 7 heteroatoms. The van der Waals surface area contributed by atoms with Crippen molar-refractivity contribution in [3.63, 3.8) is 0 Å². The SMILES string of the molecule is COc1cccc(-c2nccc([C@H]3CCCN3C(=O)C3(c4cccc(F)c4)CCOCC3)n2)c1. The van der Waals surface area contributed by atoms with Crippen molar-refractivity contribution in [1.82, 2.24) is 14.9 Å². The average molecular weight is 462 g/mol. The Morgan fingerprint density at radius 2 is 1.97 bits per heavy atom. The van der Waals surface area contributed by atoms with Crippen molar-refractivity contribution in [3.8, 4) is 17.1 Å². The third-order valence-electron chi connectivity index (χ3n) is 6.99. The lowest BCUT2D eigenvalue weighted by Gasteiger charge is -2.40. The number of benzene rings is 2. The number of carbonyl (C=O) groups excluding carboxylic acids is 1. The number of carbonyl (C=O) groups is 1. The Hall–Kier alpha value is -3.32. The highest BCUT2D eigenvalue weighted by atomic mass is 19.1. The lowest BCUT2D eigenvalue weighted by atomic mass is 9.72. The van der Waals surface area contributed by atoms with Crippen LogP contribution in [0.5, 0.6) is 5.75 Å². The summed E-state index contributed by atoms with van der Waals surface area (Å²) < 4.78 is 25.1. The molecule has 2 aromatic carbocycles. The molecule has 0 bridgehead atoms. The number of amides is 1. The molecule has 2 fully saturated rings. The molecule has 5 rings (SSSR count). The number of rotatable bonds is 5. The molecule has 0 spiro atoms. The molecule has 0 radical (unpaired) electrons. The van der Waals surface area contributed by atoms with E-state index in [1.807, 2.05) is 41.3 Å². The van der Waals surface area contributed by atoms with E-state index in [2.05, 4.69) is 4.98 Å². The van der Waals surface area contributed by atoms with Gasteiger partial charge in [0.25, 0.3) is 0 Å². The molecule has 0 saturated carbocycles. The maximum atomic E-state index is 14.2. The van der Waals surface area contributed by atoms with Crippen molar-refractivity contribution in [3.05, 3.63) is 77.9 Å². The third-order valence-corrected chi connectivity index (χ3v) is 6.99. The first kappa shape index (κ1) is 22.5. The second-order valence-corrected chi connectivity index (χ2v) is 8.90. The smallest absolute Gasteiger partial charge is 0.233 e. The number of methoxy groups -OCH3 is 1. The maximum Gasteiger partial charge on any atom is 0.233 e. The quantitative estimate of drug-likeness (QED) is 0.551. The Kier molecular flexibility index (Phi) is 6.28. The van der Waals surface area contributed by atoms with Crippen molar-refractivity contribution in [2.75, 3.05) is 26.9 Å². The zero-order valence-electron chi connectivity index (χ0n) is 19.2. The molecule has 0 unspecified atom stereocenters. The summed E-state index contributed by atoms with van der Waals surface area (Å²) in [6.45, 7) is 1.61. The second-order valence-electron chi connectivity index (χ2n) is 8.90. The molecule has 0 N–H and O–H groups in total. The number of hydrogen-bond donors (Lipinski definition) is 0. The van der Waals surface area contributed by atoms with Crippen molar-refractivity contribution < 1.29 is 18.7 Å². The van der Waals surface area contributed by atoms with Crippen LogP contribution in [0.25, 0.3) is 11.4 Å². The van der Waals surface area contributed by atoms with Gasteiger partial charge in [-0.15, -0.1) is 0 Å². The van der Waals surface area contributed by atoms with E-state index in [1.54, 1.807) is 19.4 Å². The summed E-state index contributed by atoms with van der Waals surface area (Å²) >= 11 is 0. The number of hydrogen-bond acceptors (Lipinski definition) is 5. The van der Waals surface area contributed by atoms with Crippen LogP contribution in [-0.2, 0) is 14.9 Å². The molecule has 3 aromatic rings. The Labute approximate surface area is 198 Å². The summed E-state index contributed by atoms with van der Waals surface area (Å²) in [6.07, 6.45) is 4.55. The van der Waals surface area contributed by atoms with Gasteiger partial charge in [-0.3, -0.25) is 4.79 Å². The molecule has 2 aliphatic heterocycles. The monoisotopic (exact) mass is 461 g/mol. The largest absolute Gasteiger partial charge is 0.497 e. The van der Waals surface area contributed by atoms with Gasteiger partial charge in [0.05, 0.1) is 24.3 Å². The van der Waals surface area contributed by atoms with Crippen LogP contribution in [0, 0.1) is 5.82 Å². The van der Waals surface area contributed by atoms with E-state index in [1.165, 1.54) is 12.1 Å². The number of aromatic nitrogens is 2. The molecule has 1 amide bonds. The maximum absolute atomic E-state index is 14.2. The van der Waals surface area contributed by atoms with Crippen LogP contribution in [0.1, 0.15) is 43.0 Å². The van der Waals surface area contributed by atoms with E-state index >= 15 is 0 Å². The molecule has 1 aromatic heterocycles. The standard InChI is InChI=1S/C27H28FN3O3/c1-33-22-8-2-5-19(17-22)25-29-13-10-23(30-25)24-9-4-14-31(24)26(32)27(11-15-34-16-12-27)20-6-3-7-21(28)18-20/h2-3,5-8,10,13,17-18,24H,4,9,11-12,14-16H2,1H3/t24-/m1/s1. The minimum Gasteiger partial charge on any atom is -0.497 e. The van der Waals surface area contributed by atoms with E-state index in [4.69, 9.17) is 14.5 Å². The van der Waals surface area contributed by atoms with Crippen LogP contribution in [0.3, 0.4) is 0 Å². The normalized spacial score (nSPS) is 19.7. The van der Waals surface area contributed by atoms with Crippen LogP contribution in [0.2, 0.25) is 0 Å². The Balaban J connectivity index is 1.48. The number of ether oxygens (including phenoxy) is 2. The van der Waals surface area contributed by atoms with E-state index in [-0.39, 0.29) is 17.8 Å². The van der Waals surface area contributed by atoms with Crippen molar-refractivity contribution >= 4 is 5.91 Å². The molecule has 6 nitrogen and oxygen atoms in total. The minimum atomic E-state index is -0.786. The van der Waals surface area contributed by atoms with Crippen LogP contribution in [0.4, 0.5) is 4.39 Å². The lowest BCUT2D eigenvalue weighted by Crippen LogP contribution is -2.49. The molecule has 34 heavy (non-hydrogen) atoms. The molecule has 3 heterocycles. The van der Waals surface area contributed by atoms with E-state index in [9.17, 15) is 9.18 Å². The van der Waals surface area contributed by atoms with Gasteiger partial charge in [-0.1, -0.05) is 24.3 Å². The van der Waals surface area contributed by atoms with Gasteiger partial charge in [0, 0.05) is 31.5 Å². The van der Waals surface area contributed by atoms with Gasteiger partial charge in [0.15, 0.2) is 5.82 Å².